The number of hydrogen-bond acceptors (Lipinski definition) is 5. The van der Waals surface area contributed by atoms with Gasteiger partial charge in [-0.15, -0.1) is 0 Å². The van der Waals surface area contributed by atoms with Crippen LogP contribution in [0.4, 0.5) is 10.5 Å². The van der Waals surface area contributed by atoms with Gasteiger partial charge >= 0.3 is 6.09 Å². The highest BCUT2D eigenvalue weighted by atomic mass is 16.6. The molecule has 2 fully saturated rings. The van der Waals surface area contributed by atoms with Crippen LogP contribution >= 0.6 is 0 Å². The van der Waals surface area contributed by atoms with Gasteiger partial charge in [-0.2, -0.15) is 0 Å². The number of likely N-dealkylation sites (tertiary alicyclic amines) is 1. The fraction of sp³-hybridized carbons (Fsp3) is 0.375. The Balaban J connectivity index is 1.32. The monoisotopic (exact) mass is 437 g/mol. The van der Waals surface area contributed by atoms with Crippen LogP contribution in [0.1, 0.15) is 28.8 Å². The van der Waals surface area contributed by atoms with E-state index in [0.717, 1.165) is 12.0 Å². The van der Waals surface area contributed by atoms with Gasteiger partial charge in [0.05, 0.1) is 13.2 Å². The lowest BCUT2D eigenvalue weighted by Crippen LogP contribution is -2.43. The molecule has 2 aromatic rings. The molecule has 3 amide bonds. The van der Waals surface area contributed by atoms with Gasteiger partial charge in [0, 0.05) is 30.9 Å². The highest BCUT2D eigenvalue weighted by Crippen LogP contribution is 2.21. The van der Waals surface area contributed by atoms with Gasteiger partial charge < -0.3 is 19.7 Å². The average molecular weight is 437 g/mol. The molecule has 4 rings (SSSR count). The molecule has 8 nitrogen and oxygen atoms in total. The van der Waals surface area contributed by atoms with E-state index in [1.54, 1.807) is 29.2 Å². The number of nitrogens with one attached hydrogen (secondary N) is 1. The summed E-state index contributed by atoms with van der Waals surface area (Å²) >= 11 is 0. The third kappa shape index (κ3) is 5.26. The minimum absolute atomic E-state index is 0.0469. The number of ether oxygens (including phenoxy) is 2. The van der Waals surface area contributed by atoms with Crippen LogP contribution in [0.25, 0.3) is 0 Å². The Morgan fingerprint density at radius 2 is 1.69 bits per heavy atom. The molecule has 1 N–H and O–H groups in total. The van der Waals surface area contributed by atoms with E-state index >= 15 is 0 Å². The number of hydrogen-bond donors (Lipinski definition) is 1. The maximum absolute atomic E-state index is 12.8. The molecule has 1 atom stereocenters. The van der Waals surface area contributed by atoms with E-state index in [-0.39, 0.29) is 18.4 Å². The normalized spacial score (nSPS) is 18.3. The first-order chi connectivity index (χ1) is 15.6. The predicted octanol–water partition coefficient (Wildman–Crippen LogP) is 2.90. The maximum Gasteiger partial charge on any atom is 0.410 e. The molecule has 8 heteroatoms. The summed E-state index contributed by atoms with van der Waals surface area (Å²) in [6.07, 6.45) is 0.837. The van der Waals surface area contributed by atoms with Crippen molar-refractivity contribution in [3.8, 4) is 0 Å². The van der Waals surface area contributed by atoms with Crippen LogP contribution in [0.3, 0.4) is 0 Å². The van der Waals surface area contributed by atoms with Crippen LogP contribution in [0.2, 0.25) is 0 Å². The second kappa shape index (κ2) is 10.3. The smallest absolute Gasteiger partial charge is 0.410 e. The van der Waals surface area contributed by atoms with E-state index < -0.39 is 12.1 Å². The fourth-order valence-electron chi connectivity index (χ4n) is 3.93. The molecule has 0 aliphatic carbocycles. The van der Waals surface area contributed by atoms with Crippen LogP contribution in [0, 0.1) is 0 Å². The Kier molecular flexibility index (Phi) is 7.01. The zero-order valence-electron chi connectivity index (χ0n) is 17.9. The molecular weight excluding hydrogens is 410 g/mol. The molecule has 0 aromatic heterocycles. The molecule has 168 valence electrons. The van der Waals surface area contributed by atoms with Crippen LogP contribution in [-0.4, -0.2) is 66.6 Å². The maximum atomic E-state index is 12.8. The van der Waals surface area contributed by atoms with Gasteiger partial charge in [0.25, 0.3) is 5.91 Å². The van der Waals surface area contributed by atoms with Crippen molar-refractivity contribution in [2.75, 3.05) is 38.2 Å². The van der Waals surface area contributed by atoms with Crippen molar-refractivity contribution >= 4 is 23.6 Å². The first-order valence-corrected chi connectivity index (χ1v) is 10.9. The Labute approximate surface area is 187 Å². The standard InChI is InChI=1S/C24H27N3O5/c28-22(21-7-4-12-27(21)24(30)32-17-18-5-2-1-3-6-18)25-20-10-8-19(9-11-20)23(29)26-13-15-31-16-14-26/h1-3,5-6,8-11,21H,4,7,12-17H2,(H,25,28)/t21-/m0/s1. The molecule has 0 saturated carbocycles. The summed E-state index contributed by atoms with van der Waals surface area (Å²) in [5, 5.41) is 2.85. The van der Waals surface area contributed by atoms with Gasteiger partial charge in [0.1, 0.15) is 12.6 Å². The van der Waals surface area contributed by atoms with Gasteiger partial charge in [0.15, 0.2) is 0 Å². The van der Waals surface area contributed by atoms with Crippen molar-refractivity contribution < 1.29 is 23.9 Å². The van der Waals surface area contributed by atoms with Gasteiger partial charge in [0.2, 0.25) is 5.91 Å². The number of rotatable bonds is 5. The largest absolute Gasteiger partial charge is 0.445 e. The molecule has 0 spiro atoms. The molecule has 0 unspecified atom stereocenters. The number of nitrogens with zero attached hydrogens (tertiary/aromatic N) is 2. The van der Waals surface area contributed by atoms with E-state index in [1.807, 2.05) is 30.3 Å². The lowest BCUT2D eigenvalue weighted by atomic mass is 10.1. The molecule has 2 heterocycles. The second-order valence-corrected chi connectivity index (χ2v) is 7.86. The Hall–Kier alpha value is -3.39. The van der Waals surface area contributed by atoms with E-state index in [9.17, 15) is 14.4 Å². The topological polar surface area (TPSA) is 88.2 Å². The number of carbonyl (C=O) groups excluding carboxylic acids is 3. The van der Waals surface area contributed by atoms with Crippen molar-refractivity contribution in [3.63, 3.8) is 0 Å². The molecule has 2 aromatic carbocycles. The lowest BCUT2D eigenvalue weighted by Gasteiger charge is -2.27. The lowest BCUT2D eigenvalue weighted by molar-refractivity contribution is -0.120. The first kappa shape index (κ1) is 21.8. The van der Waals surface area contributed by atoms with Crippen LogP contribution in [0.5, 0.6) is 0 Å². The zero-order valence-corrected chi connectivity index (χ0v) is 17.9. The van der Waals surface area contributed by atoms with Gasteiger partial charge in [-0.25, -0.2) is 4.79 Å². The van der Waals surface area contributed by atoms with Crippen molar-refractivity contribution in [2.24, 2.45) is 0 Å². The van der Waals surface area contributed by atoms with Crippen molar-refractivity contribution in [1.29, 1.82) is 0 Å². The molecule has 2 aliphatic heterocycles. The van der Waals surface area contributed by atoms with Gasteiger partial charge in [-0.1, -0.05) is 30.3 Å². The molecule has 2 saturated heterocycles. The number of morpholine rings is 1. The average Bonchev–Trinajstić information content (AvgIpc) is 3.34. The first-order valence-electron chi connectivity index (χ1n) is 10.9. The summed E-state index contributed by atoms with van der Waals surface area (Å²) in [6.45, 7) is 2.91. The Bertz CT molecular complexity index is 942. The van der Waals surface area contributed by atoms with E-state index in [4.69, 9.17) is 9.47 Å². The quantitative estimate of drug-likeness (QED) is 0.777. The number of carbonyl (C=O) groups is 3. The number of anilines is 1. The van der Waals surface area contributed by atoms with Gasteiger partial charge in [-0.05, 0) is 42.7 Å². The third-order valence-corrected chi connectivity index (χ3v) is 5.69. The molecular formula is C24H27N3O5. The summed E-state index contributed by atoms with van der Waals surface area (Å²) < 4.78 is 10.7. The highest BCUT2D eigenvalue weighted by molar-refractivity contribution is 5.98. The van der Waals surface area contributed by atoms with E-state index in [0.29, 0.717) is 50.5 Å². The SMILES string of the molecule is O=C(Nc1ccc(C(=O)N2CCOCC2)cc1)[C@@H]1CCCN1C(=O)OCc1ccccc1. The van der Waals surface area contributed by atoms with E-state index in [1.165, 1.54) is 4.90 Å². The van der Waals surface area contributed by atoms with Crippen LogP contribution < -0.4 is 5.32 Å². The minimum Gasteiger partial charge on any atom is -0.445 e. The third-order valence-electron chi connectivity index (χ3n) is 5.69. The Morgan fingerprint density at radius 1 is 0.969 bits per heavy atom. The summed E-state index contributed by atoms with van der Waals surface area (Å²) in [5.41, 5.74) is 2.04. The van der Waals surface area contributed by atoms with Crippen molar-refractivity contribution in [1.82, 2.24) is 9.80 Å². The molecule has 32 heavy (non-hydrogen) atoms. The minimum atomic E-state index is -0.576. The molecule has 2 aliphatic rings. The summed E-state index contributed by atoms with van der Waals surface area (Å²) in [4.78, 5) is 41.1. The summed E-state index contributed by atoms with van der Waals surface area (Å²) in [6, 6.07) is 15.7. The zero-order chi connectivity index (χ0) is 22.3. The van der Waals surface area contributed by atoms with Crippen molar-refractivity contribution in [3.05, 3.63) is 65.7 Å². The molecule has 0 bridgehead atoms. The number of amides is 3. The van der Waals surface area contributed by atoms with E-state index in [2.05, 4.69) is 5.32 Å². The van der Waals surface area contributed by atoms with Crippen LogP contribution in [0.15, 0.2) is 54.6 Å². The van der Waals surface area contributed by atoms with Crippen LogP contribution in [-0.2, 0) is 20.9 Å². The van der Waals surface area contributed by atoms with Crippen molar-refractivity contribution in [2.45, 2.75) is 25.5 Å². The van der Waals surface area contributed by atoms with Gasteiger partial charge in [-0.3, -0.25) is 14.5 Å². The predicted molar refractivity (Wildman–Crippen MR) is 118 cm³/mol. The summed E-state index contributed by atoms with van der Waals surface area (Å²) in [7, 11) is 0. The second-order valence-electron chi connectivity index (χ2n) is 7.86. The number of benzene rings is 2. The summed E-state index contributed by atoms with van der Waals surface area (Å²) in [5.74, 6) is -0.305. The fourth-order valence-corrected chi connectivity index (χ4v) is 3.93. The highest BCUT2D eigenvalue weighted by Gasteiger charge is 2.35. The Morgan fingerprint density at radius 3 is 2.41 bits per heavy atom. The molecule has 0 radical (unpaired) electrons.